The van der Waals surface area contributed by atoms with Gasteiger partial charge in [-0.15, -0.1) is 16.9 Å². The molecule has 8 nitrogen and oxygen atoms in total. The molecule has 31 heavy (non-hydrogen) atoms. The Morgan fingerprint density at radius 3 is 2.58 bits per heavy atom. The average molecular weight is 429 g/mol. The van der Waals surface area contributed by atoms with Crippen molar-refractivity contribution in [1.29, 1.82) is 0 Å². The fraction of sp³-hybridized carbons (Fsp3) is 0.136. The van der Waals surface area contributed by atoms with E-state index >= 15 is 0 Å². The van der Waals surface area contributed by atoms with E-state index in [4.69, 9.17) is 0 Å². The lowest BCUT2D eigenvalue weighted by molar-refractivity contribution is 0.881. The lowest BCUT2D eigenvalue weighted by Gasteiger charge is -2.21. The monoisotopic (exact) mass is 428 g/mol. The second kappa shape index (κ2) is 8.19. The van der Waals surface area contributed by atoms with E-state index in [1.54, 1.807) is 18.0 Å². The van der Waals surface area contributed by atoms with E-state index in [1.165, 1.54) is 0 Å². The van der Waals surface area contributed by atoms with Crippen LogP contribution >= 0.6 is 11.8 Å². The Morgan fingerprint density at radius 2 is 1.84 bits per heavy atom. The molecule has 0 saturated heterocycles. The van der Waals surface area contributed by atoms with Crippen LogP contribution in [-0.2, 0) is 0 Å². The lowest BCUT2D eigenvalue weighted by Crippen LogP contribution is -2.14. The van der Waals surface area contributed by atoms with Crippen molar-refractivity contribution in [2.75, 3.05) is 17.7 Å². The predicted octanol–water partition coefficient (Wildman–Crippen LogP) is 4.46. The highest BCUT2D eigenvalue weighted by Gasteiger charge is 2.14. The second-order valence-corrected chi connectivity index (χ2v) is 8.17. The van der Waals surface area contributed by atoms with Crippen LogP contribution in [0.15, 0.2) is 71.9 Å². The summed E-state index contributed by atoms with van der Waals surface area (Å²) in [4.78, 5) is 6.79. The van der Waals surface area contributed by atoms with E-state index in [0.29, 0.717) is 5.82 Å². The van der Waals surface area contributed by atoms with E-state index in [1.807, 2.05) is 35.8 Å². The SMILES string of the molecule is CCSc1cc(N(C)c2ccc(-c3ccccc3-c3nnn[nH]3)cc2)n2nccc2n1. The summed E-state index contributed by atoms with van der Waals surface area (Å²) in [7, 11) is 2.04. The van der Waals surface area contributed by atoms with Crippen LogP contribution in [-0.4, -0.2) is 48.0 Å². The van der Waals surface area contributed by atoms with Gasteiger partial charge in [-0.05, 0) is 39.4 Å². The number of aromatic amines is 1. The number of aromatic nitrogens is 7. The van der Waals surface area contributed by atoms with Gasteiger partial charge in [-0.1, -0.05) is 43.3 Å². The van der Waals surface area contributed by atoms with Crippen LogP contribution in [0.4, 0.5) is 11.5 Å². The summed E-state index contributed by atoms with van der Waals surface area (Å²) in [5.74, 6) is 2.58. The van der Waals surface area contributed by atoms with Crippen molar-refractivity contribution >= 4 is 28.9 Å². The van der Waals surface area contributed by atoms with Crippen molar-refractivity contribution in [3.05, 3.63) is 66.9 Å². The highest BCUT2D eigenvalue weighted by molar-refractivity contribution is 7.99. The number of thioether (sulfide) groups is 1. The van der Waals surface area contributed by atoms with Crippen LogP contribution in [0.5, 0.6) is 0 Å². The molecule has 3 heterocycles. The van der Waals surface area contributed by atoms with Crippen LogP contribution in [0.1, 0.15) is 6.92 Å². The van der Waals surface area contributed by atoms with Crippen molar-refractivity contribution in [1.82, 2.24) is 35.2 Å². The minimum absolute atomic E-state index is 0.649. The first-order valence-corrected chi connectivity index (χ1v) is 10.9. The van der Waals surface area contributed by atoms with Crippen molar-refractivity contribution in [2.24, 2.45) is 0 Å². The maximum absolute atomic E-state index is 4.67. The van der Waals surface area contributed by atoms with Gasteiger partial charge in [0.05, 0.1) is 6.20 Å². The lowest BCUT2D eigenvalue weighted by atomic mass is 9.99. The maximum atomic E-state index is 4.67. The van der Waals surface area contributed by atoms with Crippen LogP contribution < -0.4 is 4.90 Å². The van der Waals surface area contributed by atoms with Gasteiger partial charge in [0, 0.05) is 30.4 Å². The summed E-state index contributed by atoms with van der Waals surface area (Å²) in [5, 5.41) is 19.8. The number of fused-ring (bicyclic) bond motifs is 1. The quantitative estimate of drug-likeness (QED) is 0.316. The molecule has 1 N–H and O–H groups in total. The fourth-order valence-corrected chi connectivity index (χ4v) is 4.19. The number of nitrogens with one attached hydrogen (secondary N) is 1. The first-order valence-electron chi connectivity index (χ1n) is 9.89. The van der Waals surface area contributed by atoms with E-state index in [2.05, 4.69) is 78.9 Å². The highest BCUT2D eigenvalue weighted by Crippen LogP contribution is 2.33. The first-order chi connectivity index (χ1) is 15.2. The number of nitrogens with zero attached hydrogens (tertiary/aromatic N) is 7. The van der Waals surface area contributed by atoms with Gasteiger partial charge in [-0.2, -0.15) is 9.61 Å². The zero-order valence-corrected chi connectivity index (χ0v) is 17.9. The molecule has 2 aromatic carbocycles. The Kier molecular flexibility index (Phi) is 5.09. The molecule has 5 rings (SSSR count). The number of benzene rings is 2. The van der Waals surface area contributed by atoms with Gasteiger partial charge < -0.3 is 4.90 Å². The smallest absolute Gasteiger partial charge is 0.180 e. The Bertz CT molecular complexity index is 1310. The normalized spacial score (nSPS) is 11.2. The van der Waals surface area contributed by atoms with Gasteiger partial charge in [-0.25, -0.2) is 10.1 Å². The standard InChI is InChI=1S/C22H20N8S/c1-3-31-20-14-21(30-19(24-20)12-13-23-30)29(2)16-10-8-15(9-11-16)17-6-4-5-7-18(17)22-25-27-28-26-22/h4-14H,3H2,1-2H3,(H,25,26,27,28). The molecule has 0 spiro atoms. The predicted molar refractivity (Wildman–Crippen MR) is 122 cm³/mol. The molecule has 0 aliphatic heterocycles. The molecule has 0 amide bonds. The number of hydrogen-bond acceptors (Lipinski definition) is 7. The molecule has 0 atom stereocenters. The van der Waals surface area contributed by atoms with Crippen molar-refractivity contribution < 1.29 is 0 Å². The van der Waals surface area contributed by atoms with E-state index in [9.17, 15) is 0 Å². The molecule has 3 aromatic heterocycles. The maximum Gasteiger partial charge on any atom is 0.180 e. The number of anilines is 2. The van der Waals surface area contributed by atoms with Crippen LogP contribution in [0.3, 0.4) is 0 Å². The number of hydrogen-bond donors (Lipinski definition) is 1. The molecule has 0 fully saturated rings. The molecule has 154 valence electrons. The summed E-state index contributed by atoms with van der Waals surface area (Å²) < 4.78 is 1.86. The molecule has 5 aromatic rings. The fourth-order valence-electron chi connectivity index (χ4n) is 3.55. The zero-order valence-electron chi connectivity index (χ0n) is 17.1. The Labute approximate surface area is 183 Å². The minimum Gasteiger partial charge on any atom is -0.329 e. The van der Waals surface area contributed by atoms with E-state index < -0.39 is 0 Å². The molecule has 0 bridgehead atoms. The Balaban J connectivity index is 1.51. The highest BCUT2D eigenvalue weighted by atomic mass is 32.2. The Morgan fingerprint density at radius 1 is 1.03 bits per heavy atom. The van der Waals surface area contributed by atoms with Crippen LogP contribution in [0.2, 0.25) is 0 Å². The van der Waals surface area contributed by atoms with Crippen molar-refractivity contribution in [2.45, 2.75) is 11.9 Å². The van der Waals surface area contributed by atoms with Crippen LogP contribution in [0.25, 0.3) is 28.2 Å². The van der Waals surface area contributed by atoms with E-state index in [0.717, 1.165) is 44.6 Å². The third kappa shape index (κ3) is 3.64. The summed E-state index contributed by atoms with van der Waals surface area (Å²) in [6, 6.07) is 20.5. The van der Waals surface area contributed by atoms with Gasteiger partial charge in [0.2, 0.25) is 0 Å². The van der Waals surface area contributed by atoms with E-state index in [-0.39, 0.29) is 0 Å². The van der Waals surface area contributed by atoms with Gasteiger partial charge in [0.25, 0.3) is 0 Å². The van der Waals surface area contributed by atoms with Crippen molar-refractivity contribution in [3.8, 4) is 22.5 Å². The first kappa shape index (κ1) is 19.3. The Hall–Kier alpha value is -3.72. The largest absolute Gasteiger partial charge is 0.329 e. The van der Waals surface area contributed by atoms with Gasteiger partial charge in [0.1, 0.15) is 10.8 Å². The average Bonchev–Trinajstić information content (AvgIpc) is 3.51. The topological polar surface area (TPSA) is 87.9 Å². The number of H-pyrrole nitrogens is 1. The van der Waals surface area contributed by atoms with Crippen molar-refractivity contribution in [3.63, 3.8) is 0 Å². The van der Waals surface area contributed by atoms with Gasteiger partial charge >= 0.3 is 0 Å². The molecule has 0 radical (unpaired) electrons. The third-order valence-electron chi connectivity index (χ3n) is 5.05. The number of rotatable bonds is 6. The molecule has 0 aliphatic rings. The molecular formula is C22H20N8S. The molecule has 0 unspecified atom stereocenters. The summed E-state index contributed by atoms with van der Waals surface area (Å²) >= 11 is 1.72. The summed E-state index contributed by atoms with van der Waals surface area (Å²) in [6.45, 7) is 2.13. The second-order valence-electron chi connectivity index (χ2n) is 6.89. The van der Waals surface area contributed by atoms with Crippen LogP contribution in [0, 0.1) is 0 Å². The van der Waals surface area contributed by atoms with Gasteiger partial charge in [-0.3, -0.25) is 0 Å². The summed E-state index contributed by atoms with van der Waals surface area (Å²) in [6.07, 6.45) is 1.78. The van der Waals surface area contributed by atoms with Gasteiger partial charge in [0.15, 0.2) is 11.5 Å². The third-order valence-corrected chi connectivity index (χ3v) is 5.84. The molecule has 9 heteroatoms. The molecule has 0 aliphatic carbocycles. The summed E-state index contributed by atoms with van der Waals surface area (Å²) in [5.41, 5.74) is 5.01. The molecule has 0 saturated carbocycles. The zero-order chi connectivity index (χ0) is 21.2. The number of tetrazole rings is 1. The minimum atomic E-state index is 0.649. The molecular weight excluding hydrogens is 408 g/mol.